The molecule has 0 spiro atoms. The number of thiocarbonyl (C=S) groups is 1. The minimum atomic E-state index is -0.554. The average Bonchev–Trinajstić information content (AvgIpc) is 2.09. The topological polar surface area (TPSA) is 38.3 Å². The number of fused-ring (bicyclic) bond motifs is 1. The van der Waals surface area contributed by atoms with Crippen LogP contribution in [0.1, 0.15) is 26.7 Å². The van der Waals surface area contributed by atoms with Crippen LogP contribution >= 0.6 is 12.2 Å². The number of hydrogen-bond acceptors (Lipinski definition) is 3. The Morgan fingerprint density at radius 1 is 1.50 bits per heavy atom. The molecule has 0 amide bonds. The summed E-state index contributed by atoms with van der Waals surface area (Å²) in [6.45, 7) is 3.92. The molecule has 2 fully saturated rings. The van der Waals surface area contributed by atoms with Crippen molar-refractivity contribution in [2.45, 2.75) is 32.4 Å². The molecule has 1 N–H and O–H groups in total. The number of nitrogens with one attached hydrogen (secondary N) is 1. The number of rotatable bonds is 0. The van der Waals surface area contributed by atoms with E-state index in [4.69, 9.17) is 17.0 Å². The van der Waals surface area contributed by atoms with E-state index in [1.165, 1.54) is 0 Å². The van der Waals surface area contributed by atoms with Gasteiger partial charge in [-0.25, -0.2) is 0 Å². The Hall–Kier alpha value is -0.640. The molecule has 2 aliphatic rings. The van der Waals surface area contributed by atoms with Gasteiger partial charge >= 0.3 is 5.97 Å². The highest BCUT2D eigenvalue weighted by atomic mass is 32.1. The van der Waals surface area contributed by atoms with Crippen LogP contribution in [0.5, 0.6) is 0 Å². The first-order valence-electron chi connectivity index (χ1n) is 3.98. The van der Waals surface area contributed by atoms with Crippen molar-refractivity contribution in [2.24, 2.45) is 5.41 Å². The van der Waals surface area contributed by atoms with Crippen LogP contribution in [0.25, 0.3) is 0 Å². The average molecular weight is 185 g/mol. The molecule has 0 radical (unpaired) electrons. The van der Waals surface area contributed by atoms with Crippen LogP contribution in [0.4, 0.5) is 0 Å². The third-order valence-electron chi connectivity index (χ3n) is 2.93. The van der Waals surface area contributed by atoms with Crippen LogP contribution in [-0.2, 0) is 9.53 Å². The fourth-order valence-electron chi connectivity index (χ4n) is 1.95. The van der Waals surface area contributed by atoms with E-state index >= 15 is 0 Å². The van der Waals surface area contributed by atoms with E-state index in [-0.39, 0.29) is 11.4 Å². The quantitative estimate of drug-likeness (QED) is 0.451. The zero-order valence-corrected chi connectivity index (χ0v) is 7.96. The summed E-state index contributed by atoms with van der Waals surface area (Å²) in [7, 11) is 0. The van der Waals surface area contributed by atoms with Gasteiger partial charge in [0.15, 0.2) is 5.72 Å². The van der Waals surface area contributed by atoms with E-state index in [2.05, 4.69) is 5.32 Å². The first-order valence-corrected chi connectivity index (χ1v) is 4.39. The number of ether oxygens (including phenoxy) is 1. The lowest BCUT2D eigenvalue weighted by Crippen LogP contribution is -2.45. The highest BCUT2D eigenvalue weighted by Crippen LogP contribution is 2.48. The predicted octanol–water partition coefficient (Wildman–Crippen LogP) is 0.976. The van der Waals surface area contributed by atoms with Gasteiger partial charge in [0.2, 0.25) is 0 Å². The molecule has 2 unspecified atom stereocenters. The molecule has 0 aromatic carbocycles. The van der Waals surface area contributed by atoms with Crippen molar-refractivity contribution in [1.29, 1.82) is 0 Å². The maximum Gasteiger partial charge on any atom is 0.308 e. The molecule has 4 heteroatoms. The van der Waals surface area contributed by atoms with Gasteiger partial charge in [-0.2, -0.15) is 0 Å². The van der Waals surface area contributed by atoms with Crippen molar-refractivity contribution in [3.8, 4) is 0 Å². The van der Waals surface area contributed by atoms with Gasteiger partial charge in [-0.05, 0) is 6.92 Å². The SMILES string of the molecule is CC12CC(=O)OC1(C)NC(=S)C2. The van der Waals surface area contributed by atoms with E-state index in [1.54, 1.807) is 0 Å². The van der Waals surface area contributed by atoms with E-state index in [1.807, 2.05) is 13.8 Å². The highest BCUT2D eigenvalue weighted by molar-refractivity contribution is 7.80. The number of esters is 1. The molecule has 2 heterocycles. The van der Waals surface area contributed by atoms with Crippen molar-refractivity contribution in [3.05, 3.63) is 0 Å². The summed E-state index contributed by atoms with van der Waals surface area (Å²) in [4.78, 5) is 11.9. The first-order chi connectivity index (χ1) is 5.45. The molecular formula is C8H11NO2S. The van der Waals surface area contributed by atoms with E-state index in [0.29, 0.717) is 6.42 Å². The Labute approximate surface area is 76.5 Å². The Kier molecular flexibility index (Phi) is 1.32. The van der Waals surface area contributed by atoms with Crippen LogP contribution in [0, 0.1) is 5.41 Å². The molecule has 2 atom stereocenters. The van der Waals surface area contributed by atoms with Crippen LogP contribution in [-0.4, -0.2) is 16.7 Å². The summed E-state index contributed by atoms with van der Waals surface area (Å²) >= 11 is 5.05. The number of carbonyl (C=O) groups is 1. The van der Waals surface area contributed by atoms with Crippen LogP contribution in [0.3, 0.4) is 0 Å². The van der Waals surface area contributed by atoms with Gasteiger partial charge in [0.25, 0.3) is 0 Å². The zero-order chi connectivity index (χ0) is 8.98. The molecule has 0 aromatic rings. The molecular weight excluding hydrogens is 174 g/mol. The zero-order valence-electron chi connectivity index (χ0n) is 7.14. The second kappa shape index (κ2) is 1.99. The molecule has 2 aliphatic heterocycles. The molecule has 2 saturated heterocycles. The Morgan fingerprint density at radius 2 is 2.17 bits per heavy atom. The first kappa shape index (κ1) is 7.98. The predicted molar refractivity (Wildman–Crippen MR) is 47.6 cm³/mol. The normalized spacial score (nSPS) is 45.5. The van der Waals surface area contributed by atoms with Gasteiger partial charge in [-0.3, -0.25) is 4.79 Å². The van der Waals surface area contributed by atoms with E-state index in [0.717, 1.165) is 11.4 Å². The van der Waals surface area contributed by atoms with Crippen molar-refractivity contribution < 1.29 is 9.53 Å². The summed E-state index contributed by atoms with van der Waals surface area (Å²) in [6.07, 6.45) is 1.22. The molecule has 3 nitrogen and oxygen atoms in total. The largest absolute Gasteiger partial charge is 0.439 e. The summed E-state index contributed by atoms with van der Waals surface area (Å²) in [6, 6.07) is 0. The monoisotopic (exact) mass is 185 g/mol. The highest BCUT2D eigenvalue weighted by Gasteiger charge is 2.59. The minimum absolute atomic E-state index is 0.130. The molecule has 0 bridgehead atoms. The summed E-state index contributed by atoms with van der Waals surface area (Å²) in [5, 5.41) is 3.05. The van der Waals surface area contributed by atoms with Crippen LogP contribution in [0.15, 0.2) is 0 Å². The number of hydrogen-bond donors (Lipinski definition) is 1. The molecule has 0 saturated carbocycles. The maximum atomic E-state index is 11.1. The van der Waals surface area contributed by atoms with Gasteiger partial charge in [-0.1, -0.05) is 19.1 Å². The molecule has 0 aliphatic carbocycles. The smallest absolute Gasteiger partial charge is 0.308 e. The molecule has 0 aromatic heterocycles. The number of carbonyl (C=O) groups excluding carboxylic acids is 1. The van der Waals surface area contributed by atoms with E-state index in [9.17, 15) is 4.79 Å². The second-order valence-electron chi connectivity index (χ2n) is 3.97. The summed E-state index contributed by atoms with van der Waals surface area (Å²) in [5.74, 6) is -0.130. The van der Waals surface area contributed by atoms with Gasteiger partial charge in [-0.15, -0.1) is 0 Å². The fraction of sp³-hybridized carbons (Fsp3) is 0.750. The van der Waals surface area contributed by atoms with Crippen LogP contribution in [0.2, 0.25) is 0 Å². The van der Waals surface area contributed by atoms with E-state index < -0.39 is 5.72 Å². The standard InChI is InChI=1S/C8H11NO2S/c1-7-3-5(12)9-8(7,2)11-6(10)4-7/h3-4H2,1-2H3,(H,9,12). The lowest BCUT2D eigenvalue weighted by Gasteiger charge is -2.29. The third kappa shape index (κ3) is 0.813. The van der Waals surface area contributed by atoms with Gasteiger partial charge in [0, 0.05) is 11.8 Å². The summed E-state index contributed by atoms with van der Waals surface area (Å²) in [5.41, 5.74) is -0.692. The molecule has 12 heavy (non-hydrogen) atoms. The van der Waals surface area contributed by atoms with Gasteiger partial charge in [0.1, 0.15) is 0 Å². The minimum Gasteiger partial charge on any atom is -0.439 e. The van der Waals surface area contributed by atoms with Crippen molar-refractivity contribution >= 4 is 23.2 Å². The Bertz CT molecular complexity index is 230. The molecule has 2 rings (SSSR count). The lowest BCUT2D eigenvalue weighted by atomic mass is 9.80. The van der Waals surface area contributed by atoms with Crippen molar-refractivity contribution in [1.82, 2.24) is 5.32 Å². The molecule has 66 valence electrons. The van der Waals surface area contributed by atoms with Crippen LogP contribution < -0.4 is 5.32 Å². The third-order valence-corrected chi connectivity index (χ3v) is 3.18. The fourth-order valence-corrected chi connectivity index (χ4v) is 2.46. The second-order valence-corrected chi connectivity index (χ2v) is 4.46. The van der Waals surface area contributed by atoms with Crippen molar-refractivity contribution in [2.75, 3.05) is 0 Å². The van der Waals surface area contributed by atoms with Gasteiger partial charge in [0.05, 0.1) is 11.4 Å². The van der Waals surface area contributed by atoms with Gasteiger partial charge < -0.3 is 10.1 Å². The summed E-state index contributed by atoms with van der Waals surface area (Å²) < 4.78 is 5.21. The lowest BCUT2D eigenvalue weighted by molar-refractivity contribution is -0.149. The Balaban J connectivity index is 2.38. The maximum absolute atomic E-state index is 11.1. The Morgan fingerprint density at radius 3 is 2.75 bits per heavy atom. The van der Waals surface area contributed by atoms with Crippen molar-refractivity contribution in [3.63, 3.8) is 0 Å².